The van der Waals surface area contributed by atoms with Gasteiger partial charge in [-0.05, 0) is 11.8 Å². The van der Waals surface area contributed by atoms with Gasteiger partial charge in [-0.15, -0.1) is 0 Å². The average Bonchev–Trinajstić information content (AvgIpc) is 2.02. The van der Waals surface area contributed by atoms with E-state index in [4.69, 9.17) is 0 Å². The fourth-order valence-corrected chi connectivity index (χ4v) is 1.88. The van der Waals surface area contributed by atoms with Gasteiger partial charge in [0.15, 0.2) is 5.50 Å². The maximum Gasteiger partial charge on any atom is 0.335 e. The summed E-state index contributed by atoms with van der Waals surface area (Å²) in [7, 11) is 0. The third-order valence-electron chi connectivity index (χ3n) is 1.56. The minimum atomic E-state index is -4.33. The molecule has 1 saturated heterocycles. The summed E-state index contributed by atoms with van der Waals surface area (Å²) in [6, 6.07) is 0. The van der Waals surface area contributed by atoms with Gasteiger partial charge >= 0.3 is 5.25 Å². The smallest absolute Gasteiger partial charge is 0.235 e. The maximum absolute atomic E-state index is 12.7. The van der Waals surface area contributed by atoms with Gasteiger partial charge in [-0.2, -0.15) is 8.78 Å². The van der Waals surface area contributed by atoms with Crippen LogP contribution in [0.25, 0.3) is 0 Å². The molecule has 0 radical (unpaired) electrons. The van der Waals surface area contributed by atoms with E-state index in [-0.39, 0.29) is 0 Å². The van der Waals surface area contributed by atoms with Gasteiger partial charge in [-0.1, -0.05) is 0 Å². The molecule has 0 amide bonds. The molecule has 0 aromatic heterocycles. The van der Waals surface area contributed by atoms with Gasteiger partial charge in [0.05, 0.1) is 0 Å². The van der Waals surface area contributed by atoms with Crippen molar-refractivity contribution < 1.29 is 26.3 Å². The van der Waals surface area contributed by atoms with E-state index in [1.165, 1.54) is 0 Å². The molecule has 72 valence electrons. The fourth-order valence-electron chi connectivity index (χ4n) is 0.869. The van der Waals surface area contributed by atoms with Crippen LogP contribution in [0.3, 0.4) is 0 Å². The Bertz CT molecular complexity index is 183. The lowest BCUT2D eigenvalue weighted by atomic mass is 10.0. The molecule has 0 saturated carbocycles. The van der Waals surface area contributed by atoms with Crippen molar-refractivity contribution in [1.29, 1.82) is 0 Å². The zero-order chi connectivity index (χ0) is 9.57. The van der Waals surface area contributed by atoms with Crippen molar-refractivity contribution in [3.8, 4) is 0 Å². The van der Waals surface area contributed by atoms with Crippen molar-refractivity contribution >= 4 is 11.8 Å². The molecular formula is C5H4F6S. The summed E-state index contributed by atoms with van der Waals surface area (Å²) in [5, 5.41) is -4.33. The van der Waals surface area contributed by atoms with Crippen molar-refractivity contribution in [3.63, 3.8) is 0 Å². The Morgan fingerprint density at radius 2 is 1.75 bits per heavy atom. The second kappa shape index (κ2) is 2.71. The third-order valence-corrected chi connectivity index (χ3v) is 2.62. The Balaban J connectivity index is 2.90. The molecule has 0 bridgehead atoms. The van der Waals surface area contributed by atoms with E-state index in [9.17, 15) is 26.3 Å². The molecule has 0 aliphatic carbocycles. The molecule has 12 heavy (non-hydrogen) atoms. The number of rotatable bonds is 1. The van der Waals surface area contributed by atoms with Crippen LogP contribution in [-0.2, 0) is 0 Å². The zero-order valence-electron chi connectivity index (χ0n) is 5.54. The lowest BCUT2D eigenvalue weighted by Crippen LogP contribution is -2.44. The van der Waals surface area contributed by atoms with E-state index in [1.54, 1.807) is 0 Å². The van der Waals surface area contributed by atoms with E-state index >= 15 is 0 Å². The minimum Gasteiger partial charge on any atom is -0.235 e. The Morgan fingerprint density at radius 3 is 1.92 bits per heavy atom. The van der Waals surface area contributed by atoms with Crippen LogP contribution in [0.5, 0.6) is 0 Å². The summed E-state index contributed by atoms with van der Waals surface area (Å²) >= 11 is -0.697. The van der Waals surface area contributed by atoms with Crippen molar-refractivity contribution in [3.05, 3.63) is 0 Å². The first-order valence-corrected chi connectivity index (χ1v) is 3.84. The van der Waals surface area contributed by atoms with Gasteiger partial charge in [-0.3, -0.25) is 0 Å². The predicted molar refractivity (Wildman–Crippen MR) is 31.9 cm³/mol. The normalized spacial score (nSPS) is 40.8. The first-order chi connectivity index (χ1) is 5.29. The van der Waals surface area contributed by atoms with Gasteiger partial charge in [-0.25, -0.2) is 17.6 Å². The fraction of sp³-hybridized carbons (Fsp3) is 1.00. The van der Waals surface area contributed by atoms with Crippen LogP contribution in [0.15, 0.2) is 0 Å². The molecular weight excluding hydrogens is 206 g/mol. The molecule has 0 nitrogen and oxygen atoms in total. The van der Waals surface area contributed by atoms with Crippen LogP contribution in [0.4, 0.5) is 26.3 Å². The van der Waals surface area contributed by atoms with Crippen LogP contribution in [0, 0.1) is 0 Å². The summed E-state index contributed by atoms with van der Waals surface area (Å²) < 4.78 is 73.1. The molecule has 1 fully saturated rings. The lowest BCUT2D eigenvalue weighted by molar-refractivity contribution is -0.143. The Hall–Kier alpha value is -0.0700. The summed E-state index contributed by atoms with van der Waals surface area (Å²) in [6.07, 6.45) is -5.32. The monoisotopic (exact) mass is 210 g/mol. The second-order valence-electron chi connectivity index (χ2n) is 2.41. The van der Waals surface area contributed by atoms with Gasteiger partial charge in [0.1, 0.15) is 0 Å². The molecule has 0 aromatic carbocycles. The van der Waals surface area contributed by atoms with Crippen LogP contribution in [0.1, 0.15) is 6.42 Å². The van der Waals surface area contributed by atoms with Crippen molar-refractivity contribution in [2.24, 2.45) is 0 Å². The van der Waals surface area contributed by atoms with Crippen molar-refractivity contribution in [2.75, 3.05) is 0 Å². The number of hydrogen-bond acceptors (Lipinski definition) is 1. The van der Waals surface area contributed by atoms with Crippen LogP contribution in [0.2, 0.25) is 0 Å². The van der Waals surface area contributed by atoms with Gasteiger partial charge in [0.2, 0.25) is 5.67 Å². The third kappa shape index (κ3) is 1.27. The standard InChI is InChI=1S/C5H4F6S/c6-2-1-4(9,3(7)8)5(10,11)12-2/h2-3H,1H2. The molecule has 0 spiro atoms. The SMILES string of the molecule is FC1CC(F)(C(F)F)C(F)(F)S1. The summed E-state index contributed by atoms with van der Waals surface area (Å²) in [5.41, 5.74) is -6.28. The van der Waals surface area contributed by atoms with Crippen LogP contribution in [-0.4, -0.2) is 22.9 Å². The van der Waals surface area contributed by atoms with E-state index in [0.29, 0.717) is 0 Å². The van der Waals surface area contributed by atoms with Gasteiger partial charge < -0.3 is 0 Å². The highest BCUT2D eigenvalue weighted by molar-refractivity contribution is 8.01. The highest BCUT2D eigenvalue weighted by Gasteiger charge is 2.68. The maximum atomic E-state index is 12.7. The Labute approximate surface area is 68.3 Å². The largest absolute Gasteiger partial charge is 0.335 e. The first kappa shape index (κ1) is 10.0. The molecule has 1 aliphatic heterocycles. The number of hydrogen-bond donors (Lipinski definition) is 0. The van der Waals surface area contributed by atoms with Gasteiger partial charge in [0.25, 0.3) is 6.43 Å². The van der Waals surface area contributed by atoms with Crippen molar-refractivity contribution in [1.82, 2.24) is 0 Å². The highest BCUT2D eigenvalue weighted by Crippen LogP contribution is 2.57. The molecule has 7 heteroatoms. The van der Waals surface area contributed by atoms with Crippen LogP contribution >= 0.6 is 11.8 Å². The highest BCUT2D eigenvalue weighted by atomic mass is 32.2. The van der Waals surface area contributed by atoms with Crippen LogP contribution < -0.4 is 0 Å². The second-order valence-corrected chi connectivity index (χ2v) is 3.67. The molecule has 1 rings (SSSR count). The van der Waals surface area contributed by atoms with Crippen molar-refractivity contribution in [2.45, 2.75) is 29.3 Å². The summed E-state index contributed by atoms with van der Waals surface area (Å²) in [5.74, 6) is 0. The van der Waals surface area contributed by atoms with E-state index < -0.39 is 41.0 Å². The lowest BCUT2D eigenvalue weighted by Gasteiger charge is -2.23. The summed E-state index contributed by atoms with van der Waals surface area (Å²) in [6.45, 7) is 0. The van der Waals surface area contributed by atoms with Gasteiger partial charge in [0, 0.05) is 6.42 Å². The average molecular weight is 210 g/mol. The first-order valence-electron chi connectivity index (χ1n) is 2.96. The molecule has 0 N–H and O–H groups in total. The molecule has 1 heterocycles. The minimum absolute atomic E-state index is 0.697. The molecule has 1 aliphatic rings. The summed E-state index contributed by atoms with van der Waals surface area (Å²) in [4.78, 5) is 0. The quantitative estimate of drug-likeness (QED) is 0.599. The number of halogens is 6. The molecule has 2 atom stereocenters. The zero-order valence-corrected chi connectivity index (χ0v) is 6.35. The molecule has 0 aromatic rings. The van der Waals surface area contributed by atoms with E-state index in [1.807, 2.05) is 0 Å². The number of alkyl halides is 6. The number of thioether (sulfide) groups is 1. The Morgan fingerprint density at radius 1 is 1.25 bits per heavy atom. The predicted octanol–water partition coefficient (Wildman–Crippen LogP) is 2.99. The molecule has 2 unspecified atom stereocenters. The topological polar surface area (TPSA) is 0 Å². The van der Waals surface area contributed by atoms with E-state index in [0.717, 1.165) is 0 Å². The Kier molecular flexibility index (Phi) is 2.26. The van der Waals surface area contributed by atoms with E-state index in [2.05, 4.69) is 0 Å².